The summed E-state index contributed by atoms with van der Waals surface area (Å²) in [6, 6.07) is 11.6. The Bertz CT molecular complexity index is 453. The summed E-state index contributed by atoms with van der Waals surface area (Å²) in [5, 5.41) is 12.2. The molecule has 0 saturated heterocycles. The fraction of sp³-hybridized carbons (Fsp3) is 0. The van der Waals surface area contributed by atoms with Crippen LogP contribution in [-0.4, -0.2) is 30.6 Å². The zero-order valence-electron chi connectivity index (χ0n) is 8.93. The topological polar surface area (TPSA) is 80.2 Å². The number of aromatic nitrogens is 6. The molecule has 0 aliphatic rings. The third kappa shape index (κ3) is 3.45. The highest BCUT2D eigenvalue weighted by molar-refractivity contribution is 5.52. The van der Waals surface area contributed by atoms with Gasteiger partial charge in [-0.1, -0.05) is 17.3 Å². The molecule has 0 spiro atoms. The summed E-state index contributed by atoms with van der Waals surface area (Å²) in [4.78, 5) is 8.37. The first-order valence-electron chi connectivity index (χ1n) is 4.95. The van der Waals surface area contributed by atoms with Crippen LogP contribution in [0.2, 0.25) is 0 Å². The summed E-state index contributed by atoms with van der Waals surface area (Å²) in [6.07, 6.45) is 4.87. The second-order valence-corrected chi connectivity index (χ2v) is 2.99. The van der Waals surface area contributed by atoms with Crippen LogP contribution in [0.5, 0.6) is 0 Å². The second kappa shape index (κ2) is 6.06. The van der Waals surface area contributed by atoms with Gasteiger partial charge < -0.3 is 0 Å². The van der Waals surface area contributed by atoms with Gasteiger partial charge >= 0.3 is 0 Å². The summed E-state index contributed by atoms with van der Waals surface area (Å²) >= 11 is 0. The molecule has 3 aromatic rings. The number of hydrogen-bond donors (Lipinski definition) is 1. The number of H-pyrrole nitrogens is 1. The lowest BCUT2D eigenvalue weighted by Crippen LogP contribution is -1.83. The molecule has 17 heavy (non-hydrogen) atoms. The number of aromatic amines is 1. The van der Waals surface area contributed by atoms with E-state index < -0.39 is 0 Å². The van der Waals surface area contributed by atoms with Crippen molar-refractivity contribution in [2.24, 2.45) is 0 Å². The van der Waals surface area contributed by atoms with Gasteiger partial charge in [0.1, 0.15) is 0 Å². The fourth-order valence-electron chi connectivity index (χ4n) is 1.16. The van der Waals surface area contributed by atoms with Crippen LogP contribution in [0.3, 0.4) is 0 Å². The van der Waals surface area contributed by atoms with Crippen molar-refractivity contribution in [3.63, 3.8) is 0 Å². The second-order valence-electron chi connectivity index (χ2n) is 2.99. The van der Waals surface area contributed by atoms with Gasteiger partial charge in [-0.3, -0.25) is 9.97 Å². The maximum Gasteiger partial charge on any atom is 0.161 e. The molecule has 0 aliphatic heterocycles. The van der Waals surface area contributed by atoms with Gasteiger partial charge in [0.05, 0.1) is 11.4 Å². The van der Waals surface area contributed by atoms with Crippen LogP contribution in [0.15, 0.2) is 55.1 Å². The van der Waals surface area contributed by atoms with Crippen LogP contribution < -0.4 is 0 Å². The van der Waals surface area contributed by atoms with Crippen molar-refractivity contribution in [2.75, 3.05) is 0 Å². The molecule has 1 N–H and O–H groups in total. The zero-order valence-corrected chi connectivity index (χ0v) is 8.93. The van der Waals surface area contributed by atoms with Crippen molar-refractivity contribution in [1.29, 1.82) is 0 Å². The molecule has 3 rings (SSSR count). The van der Waals surface area contributed by atoms with E-state index in [1.807, 2.05) is 36.4 Å². The van der Waals surface area contributed by atoms with Gasteiger partial charge in [0.2, 0.25) is 0 Å². The van der Waals surface area contributed by atoms with Crippen LogP contribution >= 0.6 is 0 Å². The number of nitrogens with one attached hydrogen (secondary N) is 1. The first-order valence-corrected chi connectivity index (χ1v) is 4.95. The summed E-state index contributed by atoms with van der Waals surface area (Å²) in [5.41, 5.74) is 1.83. The number of rotatable bonds is 1. The number of hydrogen-bond acceptors (Lipinski definition) is 5. The molecular formula is C11H10N6. The van der Waals surface area contributed by atoms with E-state index in [9.17, 15) is 0 Å². The van der Waals surface area contributed by atoms with E-state index in [1.165, 1.54) is 6.33 Å². The molecule has 0 atom stereocenters. The molecule has 0 aromatic carbocycles. The van der Waals surface area contributed by atoms with Gasteiger partial charge in [0.15, 0.2) is 6.33 Å². The van der Waals surface area contributed by atoms with E-state index in [0.717, 1.165) is 11.4 Å². The van der Waals surface area contributed by atoms with Crippen molar-refractivity contribution in [3.8, 4) is 11.4 Å². The standard InChI is InChI=1S/C10H8N2.CH2N4/c1-3-7-11-9(5-1)10-6-2-4-8-12-10;1-2-4-5-3-1/h1-8H;1H,(H,2,3,4,5). The maximum absolute atomic E-state index is 4.19. The molecule has 3 heterocycles. The quantitative estimate of drug-likeness (QED) is 0.677. The van der Waals surface area contributed by atoms with Gasteiger partial charge in [0, 0.05) is 12.4 Å². The summed E-state index contributed by atoms with van der Waals surface area (Å²) in [6.45, 7) is 0. The highest BCUT2D eigenvalue weighted by Crippen LogP contribution is 2.10. The van der Waals surface area contributed by atoms with E-state index in [2.05, 4.69) is 30.6 Å². The van der Waals surface area contributed by atoms with Crippen molar-refractivity contribution in [1.82, 2.24) is 30.6 Å². The molecule has 6 heteroatoms. The van der Waals surface area contributed by atoms with Crippen LogP contribution in [0.1, 0.15) is 0 Å². The first kappa shape index (κ1) is 10.9. The van der Waals surface area contributed by atoms with Gasteiger partial charge in [-0.25, -0.2) is 0 Å². The molecule has 0 bridgehead atoms. The molecule has 84 valence electrons. The van der Waals surface area contributed by atoms with Crippen LogP contribution in [0, 0.1) is 0 Å². The minimum absolute atomic E-state index is 0.915. The van der Waals surface area contributed by atoms with Gasteiger partial charge in [0.25, 0.3) is 0 Å². The van der Waals surface area contributed by atoms with E-state index in [-0.39, 0.29) is 0 Å². The lowest BCUT2D eigenvalue weighted by molar-refractivity contribution is 0.881. The van der Waals surface area contributed by atoms with E-state index in [4.69, 9.17) is 0 Å². The Morgan fingerprint density at radius 3 is 1.76 bits per heavy atom. The van der Waals surface area contributed by atoms with Crippen molar-refractivity contribution in [3.05, 3.63) is 55.1 Å². The molecule has 6 nitrogen and oxygen atoms in total. The van der Waals surface area contributed by atoms with Gasteiger partial charge in [-0.15, -0.1) is 10.2 Å². The molecule has 0 saturated carbocycles. The molecular weight excluding hydrogens is 216 g/mol. The van der Waals surface area contributed by atoms with Gasteiger partial charge in [-0.2, -0.15) is 5.21 Å². The molecule has 0 aliphatic carbocycles. The van der Waals surface area contributed by atoms with Crippen LogP contribution in [0.25, 0.3) is 11.4 Å². The first-order chi connectivity index (χ1) is 8.47. The predicted octanol–water partition coefficient (Wildman–Crippen LogP) is 1.34. The van der Waals surface area contributed by atoms with E-state index >= 15 is 0 Å². The fourth-order valence-corrected chi connectivity index (χ4v) is 1.16. The summed E-state index contributed by atoms with van der Waals surface area (Å²) < 4.78 is 0. The molecule has 0 amide bonds. The number of tetrazole rings is 1. The van der Waals surface area contributed by atoms with Crippen LogP contribution in [0.4, 0.5) is 0 Å². The Morgan fingerprint density at radius 2 is 1.47 bits per heavy atom. The highest BCUT2D eigenvalue weighted by atomic mass is 15.5. The van der Waals surface area contributed by atoms with Crippen molar-refractivity contribution in [2.45, 2.75) is 0 Å². The highest BCUT2D eigenvalue weighted by Gasteiger charge is 1.95. The molecule has 0 fully saturated rings. The van der Waals surface area contributed by atoms with Crippen molar-refractivity contribution >= 4 is 0 Å². The Morgan fingerprint density at radius 1 is 0.824 bits per heavy atom. The zero-order chi connectivity index (χ0) is 11.8. The lowest BCUT2D eigenvalue weighted by atomic mass is 10.2. The predicted molar refractivity (Wildman–Crippen MR) is 61.6 cm³/mol. The Kier molecular flexibility index (Phi) is 3.88. The largest absolute Gasteiger partial charge is 0.255 e. The third-order valence-corrected chi connectivity index (χ3v) is 1.86. The summed E-state index contributed by atoms with van der Waals surface area (Å²) in [7, 11) is 0. The number of nitrogens with zero attached hydrogens (tertiary/aromatic N) is 5. The van der Waals surface area contributed by atoms with Crippen LogP contribution in [-0.2, 0) is 0 Å². The minimum atomic E-state index is 0.915. The van der Waals surface area contributed by atoms with E-state index in [0.29, 0.717) is 0 Å². The Labute approximate surface area is 97.8 Å². The van der Waals surface area contributed by atoms with E-state index in [1.54, 1.807) is 12.4 Å². The monoisotopic (exact) mass is 226 g/mol. The van der Waals surface area contributed by atoms with Crippen molar-refractivity contribution < 1.29 is 0 Å². The smallest absolute Gasteiger partial charge is 0.161 e. The Hall–Kier alpha value is -2.63. The average molecular weight is 226 g/mol. The summed E-state index contributed by atoms with van der Waals surface area (Å²) in [5.74, 6) is 0. The lowest BCUT2D eigenvalue weighted by Gasteiger charge is -1.96. The third-order valence-electron chi connectivity index (χ3n) is 1.86. The molecule has 0 radical (unpaired) electrons. The minimum Gasteiger partial charge on any atom is -0.255 e. The average Bonchev–Trinajstić information content (AvgIpc) is 3.00. The normalized spacial score (nSPS) is 9.18. The maximum atomic E-state index is 4.19. The molecule has 0 unspecified atom stereocenters. The SMILES string of the molecule is c1ccc(-c2ccccn2)nc1.c1nn[nH]n1. The van der Waals surface area contributed by atoms with Gasteiger partial charge in [-0.05, 0) is 24.3 Å². The molecule has 3 aromatic heterocycles. The number of pyridine rings is 2. The Balaban J connectivity index is 0.000000181.